The average Bonchev–Trinajstić information content (AvgIpc) is 2.56. The molecule has 0 fully saturated rings. The summed E-state index contributed by atoms with van der Waals surface area (Å²) in [4.78, 5) is 39.1. The molecule has 1 amide bonds. The highest BCUT2D eigenvalue weighted by Gasteiger charge is 2.10. The quantitative estimate of drug-likeness (QED) is 0.358. The number of hydrogen-bond acceptors (Lipinski definition) is 4. The number of benzene rings is 2. The fourth-order valence-corrected chi connectivity index (χ4v) is 2.25. The molecule has 0 saturated heterocycles. The summed E-state index contributed by atoms with van der Waals surface area (Å²) in [6.07, 6.45) is 1.14. The molecule has 0 saturated carbocycles. The Bertz CT molecular complexity index is 1080. The molecule has 8 nitrogen and oxygen atoms in total. The number of carbonyl (C=O) groups is 1. The van der Waals surface area contributed by atoms with Crippen LogP contribution in [0.15, 0.2) is 52.2 Å². The largest absolute Gasteiger partial charge is 0.384 e. The first-order chi connectivity index (χ1) is 11.4. The SMILES string of the molecule is N=C(N)c1ccc2cc(C(=O)Nc3c[nH]c(=O)[nH]c3=O)ccc2c1. The number of H-pyrrole nitrogens is 2. The van der Waals surface area contributed by atoms with Gasteiger partial charge in [-0.15, -0.1) is 0 Å². The lowest BCUT2D eigenvalue weighted by Crippen LogP contribution is -2.26. The summed E-state index contributed by atoms with van der Waals surface area (Å²) >= 11 is 0. The Morgan fingerprint density at radius 3 is 2.29 bits per heavy atom. The van der Waals surface area contributed by atoms with Crippen LogP contribution in [-0.2, 0) is 0 Å². The molecule has 3 rings (SSSR count). The molecule has 0 radical (unpaired) electrons. The Morgan fingerprint density at radius 1 is 1.04 bits per heavy atom. The van der Waals surface area contributed by atoms with Crippen molar-refractivity contribution in [2.75, 3.05) is 5.32 Å². The van der Waals surface area contributed by atoms with Gasteiger partial charge in [-0.2, -0.15) is 0 Å². The average molecular weight is 323 g/mol. The highest BCUT2D eigenvalue weighted by molar-refractivity contribution is 6.07. The Hall–Kier alpha value is -3.68. The Kier molecular flexibility index (Phi) is 3.70. The minimum atomic E-state index is -0.681. The standard InChI is InChI=1S/C16H13N5O3/c17-13(18)10-3-1-9-6-11(4-2-8(9)5-10)14(22)20-12-7-19-16(24)21-15(12)23/h1-7H,(H3,17,18)(H,20,22)(H2,19,21,23,24). The van der Waals surface area contributed by atoms with E-state index in [1.807, 2.05) is 4.98 Å². The van der Waals surface area contributed by atoms with Crippen molar-refractivity contribution >= 4 is 28.2 Å². The lowest BCUT2D eigenvalue weighted by molar-refractivity contribution is 0.102. The van der Waals surface area contributed by atoms with E-state index in [2.05, 4.69) is 10.3 Å². The topological polar surface area (TPSA) is 145 Å². The van der Waals surface area contributed by atoms with Crippen molar-refractivity contribution in [1.82, 2.24) is 9.97 Å². The monoisotopic (exact) mass is 323 g/mol. The normalized spacial score (nSPS) is 10.5. The number of amidine groups is 1. The second-order valence-corrected chi connectivity index (χ2v) is 5.13. The van der Waals surface area contributed by atoms with Crippen LogP contribution in [0.3, 0.4) is 0 Å². The summed E-state index contributed by atoms with van der Waals surface area (Å²) in [6, 6.07) is 10.2. The van der Waals surface area contributed by atoms with Crippen LogP contribution in [0.2, 0.25) is 0 Å². The number of amides is 1. The van der Waals surface area contributed by atoms with Crippen molar-refractivity contribution in [3.05, 3.63) is 74.6 Å². The molecular weight excluding hydrogens is 310 g/mol. The molecule has 120 valence electrons. The molecular formula is C16H13N5O3. The van der Waals surface area contributed by atoms with Gasteiger partial charge in [-0.3, -0.25) is 20.0 Å². The molecule has 0 aliphatic heterocycles. The fourth-order valence-electron chi connectivity index (χ4n) is 2.25. The third-order valence-electron chi connectivity index (χ3n) is 3.48. The van der Waals surface area contributed by atoms with Crippen molar-refractivity contribution in [3.63, 3.8) is 0 Å². The van der Waals surface area contributed by atoms with Crippen LogP contribution in [0, 0.1) is 5.41 Å². The maximum Gasteiger partial charge on any atom is 0.325 e. The molecule has 24 heavy (non-hydrogen) atoms. The van der Waals surface area contributed by atoms with Crippen molar-refractivity contribution in [1.29, 1.82) is 5.41 Å². The van der Waals surface area contributed by atoms with Crippen LogP contribution in [0.4, 0.5) is 5.69 Å². The highest BCUT2D eigenvalue weighted by Crippen LogP contribution is 2.18. The molecule has 0 aliphatic carbocycles. The van der Waals surface area contributed by atoms with E-state index in [4.69, 9.17) is 11.1 Å². The third-order valence-corrected chi connectivity index (χ3v) is 3.48. The number of anilines is 1. The maximum absolute atomic E-state index is 12.3. The van der Waals surface area contributed by atoms with Gasteiger partial charge in [0.1, 0.15) is 11.5 Å². The van der Waals surface area contributed by atoms with Gasteiger partial charge >= 0.3 is 5.69 Å². The molecule has 0 atom stereocenters. The Labute approximate surface area is 134 Å². The van der Waals surface area contributed by atoms with E-state index in [9.17, 15) is 14.4 Å². The molecule has 1 aromatic heterocycles. The smallest absolute Gasteiger partial charge is 0.325 e. The molecule has 2 aromatic carbocycles. The fraction of sp³-hybridized carbons (Fsp3) is 0. The van der Waals surface area contributed by atoms with Gasteiger partial charge in [0.15, 0.2) is 0 Å². The van der Waals surface area contributed by atoms with Crippen molar-refractivity contribution in [2.24, 2.45) is 5.73 Å². The second kappa shape index (κ2) is 5.84. The molecule has 8 heteroatoms. The molecule has 0 aliphatic rings. The zero-order valence-electron chi connectivity index (χ0n) is 12.3. The van der Waals surface area contributed by atoms with E-state index >= 15 is 0 Å². The van der Waals surface area contributed by atoms with Gasteiger partial charge in [0, 0.05) is 17.3 Å². The van der Waals surface area contributed by atoms with Gasteiger partial charge in [0.25, 0.3) is 11.5 Å². The molecule has 0 bridgehead atoms. The summed E-state index contributed by atoms with van der Waals surface area (Å²) in [6.45, 7) is 0. The zero-order valence-corrected chi connectivity index (χ0v) is 12.3. The van der Waals surface area contributed by atoms with Gasteiger partial charge in [0.2, 0.25) is 0 Å². The van der Waals surface area contributed by atoms with E-state index < -0.39 is 17.2 Å². The van der Waals surface area contributed by atoms with Gasteiger partial charge in [-0.05, 0) is 29.0 Å². The number of hydrogen-bond donors (Lipinski definition) is 5. The summed E-state index contributed by atoms with van der Waals surface area (Å²) in [5.74, 6) is -0.513. The predicted octanol–water partition coefficient (Wildman–Crippen LogP) is 0.753. The lowest BCUT2D eigenvalue weighted by Gasteiger charge is -2.06. The van der Waals surface area contributed by atoms with Gasteiger partial charge in [-0.25, -0.2) is 4.79 Å². The number of aromatic amines is 2. The second-order valence-electron chi connectivity index (χ2n) is 5.13. The van der Waals surface area contributed by atoms with Gasteiger partial charge in [0.05, 0.1) is 0 Å². The highest BCUT2D eigenvalue weighted by atomic mass is 16.2. The molecule has 3 aromatic rings. The van der Waals surface area contributed by atoms with Crippen LogP contribution < -0.4 is 22.3 Å². The minimum Gasteiger partial charge on any atom is -0.384 e. The molecule has 0 unspecified atom stereocenters. The number of carbonyl (C=O) groups excluding carboxylic acids is 1. The number of nitrogens with two attached hydrogens (primary N) is 1. The number of rotatable bonds is 3. The molecule has 1 heterocycles. The molecule has 0 spiro atoms. The number of aromatic nitrogens is 2. The van der Waals surface area contributed by atoms with E-state index in [-0.39, 0.29) is 11.5 Å². The summed E-state index contributed by atoms with van der Waals surface area (Å²) in [7, 11) is 0. The van der Waals surface area contributed by atoms with Crippen molar-refractivity contribution in [2.45, 2.75) is 0 Å². The third kappa shape index (κ3) is 2.93. The minimum absolute atomic E-state index is 0.0315. The first kappa shape index (κ1) is 15.2. The predicted molar refractivity (Wildman–Crippen MR) is 90.6 cm³/mol. The van der Waals surface area contributed by atoms with Crippen molar-refractivity contribution in [3.8, 4) is 0 Å². The van der Waals surface area contributed by atoms with E-state index in [1.165, 1.54) is 0 Å². The number of nitrogens with one attached hydrogen (secondary N) is 4. The molecule has 6 N–H and O–H groups in total. The summed E-state index contributed by atoms with van der Waals surface area (Å²) in [5, 5.41) is 11.5. The van der Waals surface area contributed by atoms with Crippen molar-refractivity contribution < 1.29 is 4.79 Å². The Morgan fingerprint density at radius 2 is 1.67 bits per heavy atom. The van der Waals surface area contributed by atoms with Gasteiger partial charge in [-0.1, -0.05) is 18.2 Å². The number of nitrogen functional groups attached to an aromatic ring is 1. The summed E-state index contributed by atoms with van der Waals surface area (Å²) < 4.78 is 0. The summed E-state index contributed by atoms with van der Waals surface area (Å²) in [5.41, 5.74) is 5.02. The van der Waals surface area contributed by atoms with Crippen LogP contribution >= 0.6 is 0 Å². The van der Waals surface area contributed by atoms with Crippen LogP contribution in [-0.4, -0.2) is 21.7 Å². The van der Waals surface area contributed by atoms with E-state index in [0.717, 1.165) is 17.0 Å². The maximum atomic E-state index is 12.3. The van der Waals surface area contributed by atoms with Crippen LogP contribution in [0.5, 0.6) is 0 Å². The van der Waals surface area contributed by atoms with E-state index in [1.54, 1.807) is 36.4 Å². The first-order valence-corrected chi connectivity index (χ1v) is 6.95. The zero-order chi connectivity index (χ0) is 17.3. The van der Waals surface area contributed by atoms with Crippen LogP contribution in [0.25, 0.3) is 10.8 Å². The first-order valence-electron chi connectivity index (χ1n) is 6.95. The Balaban J connectivity index is 1.92. The van der Waals surface area contributed by atoms with Gasteiger partial charge < -0.3 is 16.0 Å². The lowest BCUT2D eigenvalue weighted by atomic mass is 10.0. The number of fused-ring (bicyclic) bond motifs is 1. The van der Waals surface area contributed by atoms with Crippen LogP contribution in [0.1, 0.15) is 15.9 Å². The van der Waals surface area contributed by atoms with E-state index in [0.29, 0.717) is 11.1 Å².